The molecule has 0 unspecified atom stereocenters. The van der Waals surface area contributed by atoms with Gasteiger partial charge >= 0.3 is 0 Å². The number of carbonyl (C=O) groups excluding carboxylic acids is 15. The minimum atomic E-state index is -1.77. The highest BCUT2D eigenvalue weighted by Gasteiger charge is 2.44. The molecule has 12 atom stereocenters. The topological polar surface area (TPSA) is 528 Å². The molecule has 18 N–H and O–H groups in total. The van der Waals surface area contributed by atoms with Gasteiger partial charge < -0.3 is 105 Å². The van der Waals surface area contributed by atoms with Crippen LogP contribution in [0.25, 0.3) is 21.1 Å². The van der Waals surface area contributed by atoms with Gasteiger partial charge in [-0.3, -0.25) is 71.9 Å². The van der Waals surface area contributed by atoms with Gasteiger partial charge in [0.1, 0.15) is 71.9 Å². The maximum absolute atomic E-state index is 15.4. The molecule has 1 fully saturated rings. The lowest BCUT2D eigenvalue weighted by atomic mass is 9.98. The van der Waals surface area contributed by atoms with Crippen LogP contribution in [0.4, 0.5) is 0 Å². The number of para-hydroxylation sites is 2. The summed E-state index contributed by atoms with van der Waals surface area (Å²) in [5.74, 6) is -13.1. The molecule has 0 radical (unpaired) electrons. The van der Waals surface area contributed by atoms with Gasteiger partial charge in [0.2, 0.25) is 88.6 Å². The number of hydrogen-bond acceptors (Lipinski definition) is 22. The molecule has 131 heavy (non-hydrogen) atoms. The van der Waals surface area contributed by atoms with E-state index >= 15 is 24.0 Å². The fourth-order valence-electron chi connectivity index (χ4n) is 15.3. The predicted octanol–water partition coefficient (Wildman–Crippen LogP) is 1.46. The fraction of sp³-hybridized carbons (Fsp3) is 0.419. The number of phenolic OH excluding ortho intramolecular Hbond substituents is 2. The van der Waals surface area contributed by atoms with Gasteiger partial charge in [-0.2, -0.15) is 12.6 Å². The molecular weight excluding hydrogens is 1720 g/mol. The summed E-state index contributed by atoms with van der Waals surface area (Å²) in [7, 11) is 6.74. The van der Waals surface area contributed by atoms with Crippen molar-refractivity contribution in [1.29, 1.82) is 0 Å². The molecule has 38 heteroatoms. The van der Waals surface area contributed by atoms with E-state index in [1.165, 1.54) is 105 Å². The Bertz CT molecular complexity index is 5280. The quantitative estimate of drug-likeness (QED) is 0.0240. The van der Waals surface area contributed by atoms with Crippen molar-refractivity contribution in [1.82, 2.24) is 82.3 Å². The van der Waals surface area contributed by atoms with E-state index in [2.05, 4.69) is 65.5 Å². The molecule has 1 aliphatic rings. The first-order valence-electron chi connectivity index (χ1n) is 43.4. The average Bonchev–Trinajstić information content (AvgIpc) is 1.79. The van der Waals surface area contributed by atoms with E-state index < -0.39 is 174 Å². The number of hydrogen-bond donors (Lipinski definition) is 16. The van der Waals surface area contributed by atoms with Crippen molar-refractivity contribution in [2.24, 2.45) is 23.1 Å². The van der Waals surface area contributed by atoms with Crippen molar-refractivity contribution >= 4 is 134 Å². The molecule has 700 valence electrons. The lowest BCUT2D eigenvalue weighted by molar-refractivity contribution is -0.151. The van der Waals surface area contributed by atoms with Gasteiger partial charge in [0.25, 0.3) is 0 Å². The van der Waals surface area contributed by atoms with Crippen LogP contribution in [0.2, 0.25) is 0 Å². The van der Waals surface area contributed by atoms with Crippen LogP contribution < -0.4 is 65.1 Å². The molecule has 2 heterocycles. The lowest BCUT2D eigenvalue weighted by Crippen LogP contribution is -2.61. The maximum Gasteiger partial charge on any atom is 0.246 e. The Morgan fingerprint density at radius 2 is 0.985 bits per heavy atom. The number of aromatic amines is 1. The number of carbonyl (C=O) groups is 15. The average molecular weight is 1840 g/mol. The van der Waals surface area contributed by atoms with E-state index in [9.17, 15) is 58.2 Å². The highest BCUT2D eigenvalue weighted by Crippen LogP contribution is 2.28. The summed E-state index contributed by atoms with van der Waals surface area (Å²) in [5, 5.41) is 46.7. The fourth-order valence-corrected chi connectivity index (χ4v) is 16.4. The third-order valence-corrected chi connectivity index (χ3v) is 24.1. The second-order valence-corrected chi connectivity index (χ2v) is 34.7. The van der Waals surface area contributed by atoms with Gasteiger partial charge in [0.05, 0.1) is 47.0 Å². The summed E-state index contributed by atoms with van der Waals surface area (Å²) in [5.41, 5.74) is 21.0. The molecule has 1 aliphatic carbocycles. The van der Waals surface area contributed by atoms with Crippen molar-refractivity contribution in [3.8, 4) is 11.5 Å². The number of aromatic nitrogens is 2. The molecule has 1 saturated carbocycles. The number of nitrogens with zero attached hydrogens (tertiary/aromatic N) is 6. The normalized spacial score (nSPS) is 15.0. The van der Waals surface area contributed by atoms with Gasteiger partial charge in [0.15, 0.2) is 0 Å². The minimum absolute atomic E-state index is 0.0627. The van der Waals surface area contributed by atoms with Gasteiger partial charge in [0, 0.05) is 103 Å². The number of phenols is 2. The lowest BCUT2D eigenvalue weighted by Gasteiger charge is -2.36. The zero-order chi connectivity index (χ0) is 95.3. The summed E-state index contributed by atoms with van der Waals surface area (Å²) in [6, 6.07) is 28.9. The molecule has 36 nitrogen and oxygen atoms in total. The summed E-state index contributed by atoms with van der Waals surface area (Å²) in [4.78, 5) is 229. The summed E-state index contributed by atoms with van der Waals surface area (Å²) in [6.45, 7) is 3.60. The van der Waals surface area contributed by atoms with Crippen molar-refractivity contribution in [2.45, 2.75) is 177 Å². The van der Waals surface area contributed by atoms with Crippen LogP contribution >= 0.6 is 24.0 Å². The highest BCUT2D eigenvalue weighted by atomic mass is 32.1. The predicted molar refractivity (Wildman–Crippen MR) is 496 cm³/mol. The van der Waals surface area contributed by atoms with E-state index in [-0.39, 0.29) is 93.8 Å². The number of fused-ring (bicyclic) bond motifs is 2. The third kappa shape index (κ3) is 29.9. The number of nitrogens with one attached hydrogen (secondary N) is 10. The molecule has 8 aromatic rings. The molecular formula is C93H119N19O17S2. The van der Waals surface area contributed by atoms with E-state index in [0.717, 1.165) is 25.0 Å². The number of amides is 15. The van der Waals surface area contributed by atoms with Crippen molar-refractivity contribution in [3.05, 3.63) is 197 Å². The number of rotatable bonds is 50. The first-order valence-corrected chi connectivity index (χ1v) is 44.8. The van der Waals surface area contributed by atoms with Crippen LogP contribution in [0.3, 0.4) is 0 Å². The van der Waals surface area contributed by atoms with Crippen LogP contribution in [0.15, 0.2) is 164 Å². The smallest absolute Gasteiger partial charge is 0.246 e. The number of likely N-dealkylation sites (N-methyl/N-ethyl adjacent to an activating group) is 5. The van der Waals surface area contributed by atoms with E-state index in [1.54, 1.807) is 105 Å². The summed E-state index contributed by atoms with van der Waals surface area (Å²) < 4.78 is 0.818. The Kier molecular flexibility index (Phi) is 37.9. The van der Waals surface area contributed by atoms with Crippen LogP contribution in [-0.2, 0) is 110 Å². The van der Waals surface area contributed by atoms with Crippen molar-refractivity contribution < 1.29 is 82.1 Å². The molecule has 0 saturated heterocycles. The zero-order valence-electron chi connectivity index (χ0n) is 74.6. The summed E-state index contributed by atoms with van der Waals surface area (Å²) in [6.07, 6.45) is 1.94. The Morgan fingerprint density at radius 3 is 1.56 bits per heavy atom. The van der Waals surface area contributed by atoms with Gasteiger partial charge in [-0.15, -0.1) is 11.3 Å². The number of thiol groups is 1. The number of thiazole rings is 1. The highest BCUT2D eigenvalue weighted by molar-refractivity contribution is 7.81. The molecule has 2 aromatic heterocycles. The summed E-state index contributed by atoms with van der Waals surface area (Å²) >= 11 is 5.45. The largest absolute Gasteiger partial charge is 0.508 e. The number of H-pyrrole nitrogens is 1. The molecule has 0 bridgehead atoms. The first-order chi connectivity index (χ1) is 62.5. The molecule has 15 amide bonds. The Morgan fingerprint density at radius 1 is 0.481 bits per heavy atom. The Balaban J connectivity index is 0.917. The number of unbranched alkanes of at least 4 members (excludes halogenated alkanes) is 1. The molecule has 0 aliphatic heterocycles. The second-order valence-electron chi connectivity index (χ2n) is 33.2. The van der Waals surface area contributed by atoms with Crippen LogP contribution in [0, 0.1) is 5.92 Å². The van der Waals surface area contributed by atoms with Crippen molar-refractivity contribution in [2.75, 3.05) is 67.2 Å². The third-order valence-electron chi connectivity index (χ3n) is 22.7. The number of nitrogens with two attached hydrogens (primary N) is 3. The second kappa shape index (κ2) is 48.9. The van der Waals surface area contributed by atoms with Gasteiger partial charge in [-0.1, -0.05) is 149 Å². The van der Waals surface area contributed by atoms with E-state index in [4.69, 9.17) is 22.2 Å². The molecule has 6 aromatic carbocycles. The van der Waals surface area contributed by atoms with E-state index in [0.29, 0.717) is 69.4 Å². The maximum atomic E-state index is 15.4. The molecule has 0 spiro atoms. The van der Waals surface area contributed by atoms with Gasteiger partial charge in [-0.25, -0.2) is 4.98 Å². The SMILES string of the molecule is CCCC[C@@H](C(=O)N(C)CC(=O)N[C@@H](CC(N)=O)C(=O)N[C@H](C(=O)N(C)[C@@H](Cc1ccccc1)C(=O)N[C@@H](Cc1ccc(O)cc1)C(=O)N(C)CC(=O)N[C@@H](Cc1c[nH]c2ccccc12)C(=O)N[C@@H](Cc1ccc(O)cc1)C(=O)N[C@@H](CCCN)C(=O)N[C@H]1C[C@H]1NCC(N)=O)C(C)C)N(C)C(=O)[C@H](Cc1nc2ccccc2s1)N(C)C(=O)[C@H](Cc1ccccc1)NC(=O)CS. The first kappa shape index (κ1) is 101. The number of aromatic hydroxyl groups is 2. The number of primary amides is 2. The molecule has 9 rings (SSSR count). The van der Waals surface area contributed by atoms with Crippen LogP contribution in [-0.4, -0.2) is 273 Å². The monoisotopic (exact) mass is 1840 g/mol. The van der Waals surface area contributed by atoms with Crippen LogP contribution in [0.1, 0.15) is 98.5 Å². The Hall–Kier alpha value is -13.3. The standard InChI is InChI=1S/C93H119N19O17S2/c1-9-10-30-73(110(6)92(128)75(48-82-102-64-28-19-20-31-76(64)131-82)112(8)90(126)72(101-81(119)53-130)42-55-22-13-11-14-23-55)91(127)109(5)52-80(118)100-70(47-77(95)115)87(123)107-83(54(2)3)93(129)111(7)74(44-56-24-15-12-16-25-56)88(124)106-71(43-58-34-38-61(114)39-35-58)89(125)108(4)51-79(117)99-69(45-59-49-97-63-27-18-17-26-62(59)63)86(122)105-68(41-57-32-36-60(113)37-33-57)85(121)103-65(29-21-40-94)84(120)104-67-46-66(67)98-50-78(96)116/h11-20,22-28,31-39,49,54,65-75,83,97-98,113-114,130H,9-10,21,29-30,40-48,50-53,94H2,1-8H3,(H2,95,115)(H2,96,116)(H,99,117)(H,100,118)(H,101,119)(H,103,121)(H,104,120)(H,105,122)(H,106,124)(H,107,123)/t65-,66+,67-,68-,69-,70-,71-,72-,73-,74-,75-,83-/m0/s1. The minimum Gasteiger partial charge on any atom is -0.508 e. The van der Waals surface area contributed by atoms with Crippen LogP contribution in [0.5, 0.6) is 11.5 Å². The number of benzene rings is 6. The van der Waals surface area contributed by atoms with Crippen molar-refractivity contribution in [3.63, 3.8) is 0 Å². The van der Waals surface area contributed by atoms with E-state index in [1.807, 2.05) is 31.2 Å². The Labute approximate surface area is 769 Å². The van der Waals surface area contributed by atoms with Gasteiger partial charge in [-0.05, 0) is 108 Å². The zero-order valence-corrected chi connectivity index (χ0v) is 76.3.